The van der Waals surface area contributed by atoms with Crippen molar-refractivity contribution in [2.75, 3.05) is 6.61 Å². The van der Waals surface area contributed by atoms with Crippen LogP contribution in [0.25, 0.3) is 0 Å². The SMILES string of the molecule is CC(C)CCCCCCCCOC(=O)/C=C\C(=O)O. The summed E-state index contributed by atoms with van der Waals surface area (Å²) in [5, 5.41) is 8.31. The molecule has 4 heteroatoms. The highest BCUT2D eigenvalue weighted by atomic mass is 16.5. The lowest BCUT2D eigenvalue weighted by molar-refractivity contribution is -0.138. The fraction of sp³-hybridized carbons (Fsp3) is 0.733. The topological polar surface area (TPSA) is 63.6 Å². The van der Waals surface area contributed by atoms with Crippen molar-refractivity contribution in [1.82, 2.24) is 0 Å². The number of hydrogen-bond donors (Lipinski definition) is 1. The minimum atomic E-state index is -1.14. The van der Waals surface area contributed by atoms with Gasteiger partial charge in [0.05, 0.1) is 6.61 Å². The van der Waals surface area contributed by atoms with Gasteiger partial charge in [0.25, 0.3) is 0 Å². The van der Waals surface area contributed by atoms with Gasteiger partial charge in [-0.15, -0.1) is 0 Å². The van der Waals surface area contributed by atoms with E-state index in [1.807, 2.05) is 0 Å². The summed E-state index contributed by atoms with van der Waals surface area (Å²) >= 11 is 0. The van der Waals surface area contributed by atoms with Crippen molar-refractivity contribution in [3.63, 3.8) is 0 Å². The molecule has 1 N–H and O–H groups in total. The van der Waals surface area contributed by atoms with Crippen LogP contribution in [0.1, 0.15) is 58.8 Å². The first-order chi connectivity index (χ1) is 9.02. The molecule has 0 bridgehead atoms. The molecule has 0 aliphatic carbocycles. The standard InChI is InChI=1S/C15H26O4/c1-13(2)9-7-5-3-4-6-8-12-19-15(18)11-10-14(16)17/h10-11,13H,3-9,12H2,1-2H3,(H,16,17)/b11-10-. The molecule has 19 heavy (non-hydrogen) atoms. The van der Waals surface area contributed by atoms with Crippen molar-refractivity contribution in [3.8, 4) is 0 Å². The average Bonchev–Trinajstić information content (AvgIpc) is 2.34. The molecule has 0 aliphatic rings. The van der Waals surface area contributed by atoms with E-state index in [2.05, 4.69) is 13.8 Å². The third-order valence-corrected chi connectivity index (χ3v) is 2.78. The number of carboxylic acids is 1. The molecule has 0 amide bonds. The van der Waals surface area contributed by atoms with Crippen LogP contribution in [0.15, 0.2) is 12.2 Å². The Morgan fingerprint density at radius 2 is 1.58 bits per heavy atom. The van der Waals surface area contributed by atoms with Crippen molar-refractivity contribution >= 4 is 11.9 Å². The monoisotopic (exact) mass is 270 g/mol. The van der Waals surface area contributed by atoms with Gasteiger partial charge in [-0.1, -0.05) is 52.4 Å². The predicted molar refractivity (Wildman–Crippen MR) is 74.9 cm³/mol. The lowest BCUT2D eigenvalue weighted by atomic mass is 10.0. The first kappa shape index (κ1) is 17.7. The summed E-state index contributed by atoms with van der Waals surface area (Å²) in [4.78, 5) is 21.2. The molecule has 0 unspecified atom stereocenters. The molecular formula is C15H26O4. The summed E-state index contributed by atoms with van der Waals surface area (Å²) in [5.41, 5.74) is 0. The molecule has 0 rings (SSSR count). The number of rotatable bonds is 11. The Labute approximate surface area is 115 Å². The zero-order valence-electron chi connectivity index (χ0n) is 12.1. The fourth-order valence-corrected chi connectivity index (χ4v) is 1.72. The zero-order valence-corrected chi connectivity index (χ0v) is 12.1. The number of aliphatic carboxylic acids is 1. The van der Waals surface area contributed by atoms with E-state index in [1.54, 1.807) is 0 Å². The van der Waals surface area contributed by atoms with E-state index in [-0.39, 0.29) is 0 Å². The van der Waals surface area contributed by atoms with Gasteiger partial charge in [-0.25, -0.2) is 9.59 Å². The first-order valence-electron chi connectivity index (χ1n) is 7.10. The number of ether oxygens (including phenoxy) is 1. The van der Waals surface area contributed by atoms with Crippen LogP contribution in [0.5, 0.6) is 0 Å². The maximum atomic E-state index is 11.0. The molecule has 0 heterocycles. The van der Waals surface area contributed by atoms with Gasteiger partial charge >= 0.3 is 11.9 Å². The Hall–Kier alpha value is -1.32. The number of carbonyl (C=O) groups excluding carboxylic acids is 1. The summed E-state index contributed by atoms with van der Waals surface area (Å²) in [6, 6.07) is 0. The molecule has 0 aliphatic heterocycles. The van der Waals surface area contributed by atoms with Gasteiger partial charge in [0, 0.05) is 12.2 Å². The van der Waals surface area contributed by atoms with Crippen LogP contribution in [-0.2, 0) is 14.3 Å². The number of carbonyl (C=O) groups is 2. The van der Waals surface area contributed by atoms with Gasteiger partial charge < -0.3 is 9.84 Å². The Balaban J connectivity index is 3.27. The molecule has 0 spiro atoms. The highest BCUT2D eigenvalue weighted by Crippen LogP contribution is 2.11. The molecule has 0 aromatic carbocycles. The molecule has 110 valence electrons. The van der Waals surface area contributed by atoms with Gasteiger partial charge in [-0.2, -0.15) is 0 Å². The third kappa shape index (κ3) is 14.6. The Kier molecular flexibility index (Phi) is 10.9. The normalized spacial score (nSPS) is 11.1. The van der Waals surface area contributed by atoms with Crippen LogP contribution >= 0.6 is 0 Å². The summed E-state index contributed by atoms with van der Waals surface area (Å²) in [6.45, 7) is 4.86. The van der Waals surface area contributed by atoms with Crippen molar-refractivity contribution in [2.45, 2.75) is 58.8 Å². The lowest BCUT2D eigenvalue weighted by Gasteiger charge is -2.04. The van der Waals surface area contributed by atoms with E-state index < -0.39 is 11.9 Å². The predicted octanol–water partition coefficient (Wildman–Crippen LogP) is 3.56. The quantitative estimate of drug-likeness (QED) is 0.354. The van der Waals surface area contributed by atoms with Gasteiger partial charge in [0.2, 0.25) is 0 Å². The maximum Gasteiger partial charge on any atom is 0.331 e. The second kappa shape index (κ2) is 11.8. The molecule has 0 aromatic rings. The minimum absolute atomic E-state index is 0.370. The molecule has 0 fully saturated rings. The van der Waals surface area contributed by atoms with Crippen LogP contribution in [0.2, 0.25) is 0 Å². The molecule has 0 saturated heterocycles. The molecular weight excluding hydrogens is 244 g/mol. The van der Waals surface area contributed by atoms with Crippen molar-refractivity contribution in [1.29, 1.82) is 0 Å². The molecule has 0 saturated carbocycles. The number of hydrogen-bond acceptors (Lipinski definition) is 3. The number of unbranched alkanes of at least 4 members (excludes halogenated alkanes) is 5. The average molecular weight is 270 g/mol. The molecule has 0 atom stereocenters. The van der Waals surface area contributed by atoms with Gasteiger partial charge in [0.1, 0.15) is 0 Å². The van der Waals surface area contributed by atoms with Crippen molar-refractivity contribution in [3.05, 3.63) is 12.2 Å². The van der Waals surface area contributed by atoms with Crippen LogP contribution in [0.4, 0.5) is 0 Å². The van der Waals surface area contributed by atoms with E-state index in [0.29, 0.717) is 6.61 Å². The van der Waals surface area contributed by atoms with Crippen molar-refractivity contribution < 1.29 is 19.4 Å². The fourth-order valence-electron chi connectivity index (χ4n) is 1.72. The first-order valence-corrected chi connectivity index (χ1v) is 7.10. The Morgan fingerprint density at radius 1 is 1.00 bits per heavy atom. The van der Waals surface area contributed by atoms with Crippen LogP contribution in [0, 0.1) is 5.92 Å². The van der Waals surface area contributed by atoms with E-state index in [9.17, 15) is 9.59 Å². The van der Waals surface area contributed by atoms with E-state index >= 15 is 0 Å². The smallest absolute Gasteiger partial charge is 0.331 e. The second-order valence-electron chi connectivity index (χ2n) is 5.14. The lowest BCUT2D eigenvalue weighted by Crippen LogP contribution is -2.03. The highest BCUT2D eigenvalue weighted by molar-refractivity contribution is 5.90. The van der Waals surface area contributed by atoms with Crippen LogP contribution < -0.4 is 0 Å². The molecule has 0 radical (unpaired) electrons. The number of carboxylic acid groups (broad SMARTS) is 1. The summed E-state index contributed by atoms with van der Waals surface area (Å²) in [7, 11) is 0. The largest absolute Gasteiger partial charge is 0.478 e. The second-order valence-corrected chi connectivity index (χ2v) is 5.14. The third-order valence-electron chi connectivity index (χ3n) is 2.78. The van der Waals surface area contributed by atoms with Gasteiger partial charge in [0.15, 0.2) is 0 Å². The summed E-state index contributed by atoms with van der Waals surface area (Å²) in [5.74, 6) is -0.934. The summed E-state index contributed by atoms with van der Waals surface area (Å²) in [6.07, 6.45) is 9.90. The minimum Gasteiger partial charge on any atom is -0.478 e. The Morgan fingerprint density at radius 3 is 2.16 bits per heavy atom. The van der Waals surface area contributed by atoms with Gasteiger partial charge in [-0.05, 0) is 12.3 Å². The van der Waals surface area contributed by atoms with E-state index in [4.69, 9.17) is 9.84 Å². The highest BCUT2D eigenvalue weighted by Gasteiger charge is 1.98. The summed E-state index contributed by atoms with van der Waals surface area (Å²) < 4.78 is 4.86. The van der Waals surface area contributed by atoms with E-state index in [1.165, 1.54) is 32.1 Å². The van der Waals surface area contributed by atoms with Crippen LogP contribution in [0.3, 0.4) is 0 Å². The zero-order chi connectivity index (χ0) is 14.5. The van der Waals surface area contributed by atoms with Crippen LogP contribution in [-0.4, -0.2) is 23.7 Å². The number of esters is 1. The Bertz CT molecular complexity index is 282. The molecule has 0 aromatic heterocycles. The van der Waals surface area contributed by atoms with Gasteiger partial charge in [-0.3, -0.25) is 0 Å². The van der Waals surface area contributed by atoms with Crippen molar-refractivity contribution in [2.24, 2.45) is 5.92 Å². The maximum absolute atomic E-state index is 11.0. The molecule has 4 nitrogen and oxygen atoms in total. The van der Waals surface area contributed by atoms with E-state index in [0.717, 1.165) is 30.9 Å².